The number of nitrogens with one attached hydrogen (secondary N) is 1. The van der Waals surface area contributed by atoms with Gasteiger partial charge in [-0.1, -0.05) is 0 Å². The average Bonchev–Trinajstić information content (AvgIpc) is 2.35. The number of nitrogens with zero attached hydrogens (tertiary/aromatic N) is 2. The molecular formula is C8H17N3. The van der Waals surface area contributed by atoms with Crippen LogP contribution in [0.15, 0.2) is 0 Å². The van der Waals surface area contributed by atoms with Gasteiger partial charge in [0.25, 0.3) is 0 Å². The summed E-state index contributed by atoms with van der Waals surface area (Å²) in [5, 5.41) is 7.70. The molecular weight excluding hydrogens is 138 g/mol. The number of rotatable bonds is 2. The Morgan fingerprint density at radius 3 is 2.36 bits per heavy atom. The molecule has 0 bridgehead atoms. The van der Waals surface area contributed by atoms with Gasteiger partial charge in [-0.05, 0) is 26.9 Å². The molecule has 0 aliphatic carbocycles. The largest absolute Gasteiger partial charge is 0.359 e. The van der Waals surface area contributed by atoms with Gasteiger partial charge < -0.3 is 9.80 Å². The summed E-state index contributed by atoms with van der Waals surface area (Å²) in [6.07, 6.45) is 2.52. The summed E-state index contributed by atoms with van der Waals surface area (Å²) in [6, 6.07) is 0. The minimum absolute atomic E-state index is 0.771. The second kappa shape index (κ2) is 3.72. The zero-order chi connectivity index (χ0) is 8.27. The van der Waals surface area contributed by atoms with E-state index in [1.54, 1.807) is 0 Å². The smallest absolute Gasteiger partial charge is 0.110 e. The minimum Gasteiger partial charge on any atom is -0.359 e. The van der Waals surface area contributed by atoms with Crippen molar-refractivity contribution in [2.45, 2.75) is 12.8 Å². The normalized spacial score (nSPS) is 17.9. The molecule has 64 valence electrons. The van der Waals surface area contributed by atoms with Crippen LogP contribution in [0.3, 0.4) is 0 Å². The van der Waals surface area contributed by atoms with Crippen LogP contribution in [0.2, 0.25) is 0 Å². The lowest BCUT2D eigenvalue weighted by Gasteiger charge is -2.20. The SMILES string of the molecule is CN(C)CC(=N)N1CCCC1. The molecule has 1 aliphatic heterocycles. The van der Waals surface area contributed by atoms with Gasteiger partial charge in [0, 0.05) is 13.1 Å². The quantitative estimate of drug-likeness (QED) is 0.468. The van der Waals surface area contributed by atoms with Crippen molar-refractivity contribution in [3.63, 3.8) is 0 Å². The Bertz CT molecular complexity index is 136. The predicted octanol–water partition coefficient (Wildman–Crippen LogP) is 0.621. The second-order valence-corrected chi connectivity index (χ2v) is 3.38. The fourth-order valence-corrected chi connectivity index (χ4v) is 1.39. The molecule has 1 N–H and O–H groups in total. The van der Waals surface area contributed by atoms with Crippen molar-refractivity contribution in [2.24, 2.45) is 0 Å². The summed E-state index contributed by atoms with van der Waals surface area (Å²) in [4.78, 5) is 4.21. The van der Waals surface area contributed by atoms with Crippen molar-refractivity contribution in [3.8, 4) is 0 Å². The predicted molar refractivity (Wildman–Crippen MR) is 47.1 cm³/mol. The third-order valence-corrected chi connectivity index (χ3v) is 1.95. The third kappa shape index (κ3) is 2.50. The van der Waals surface area contributed by atoms with E-state index in [1.165, 1.54) is 12.8 Å². The second-order valence-electron chi connectivity index (χ2n) is 3.38. The van der Waals surface area contributed by atoms with Crippen molar-refractivity contribution in [2.75, 3.05) is 33.7 Å². The van der Waals surface area contributed by atoms with E-state index in [2.05, 4.69) is 4.90 Å². The van der Waals surface area contributed by atoms with E-state index in [-0.39, 0.29) is 0 Å². The van der Waals surface area contributed by atoms with Crippen LogP contribution < -0.4 is 0 Å². The number of hydrogen-bond donors (Lipinski definition) is 1. The van der Waals surface area contributed by atoms with Crippen LogP contribution in [0.25, 0.3) is 0 Å². The molecule has 0 radical (unpaired) electrons. The van der Waals surface area contributed by atoms with Gasteiger partial charge in [0.2, 0.25) is 0 Å². The van der Waals surface area contributed by atoms with Crippen molar-refractivity contribution >= 4 is 5.84 Å². The maximum atomic E-state index is 7.70. The lowest BCUT2D eigenvalue weighted by Crippen LogP contribution is -2.35. The molecule has 0 aromatic carbocycles. The van der Waals surface area contributed by atoms with E-state index >= 15 is 0 Å². The monoisotopic (exact) mass is 155 g/mol. The minimum atomic E-state index is 0.771. The maximum absolute atomic E-state index is 7.70. The molecule has 0 aromatic rings. The highest BCUT2D eigenvalue weighted by Crippen LogP contribution is 2.07. The summed E-state index contributed by atoms with van der Waals surface area (Å²) in [6.45, 7) is 2.96. The standard InChI is InChI=1S/C8H17N3/c1-10(2)7-8(9)11-5-3-4-6-11/h9H,3-7H2,1-2H3. The lowest BCUT2D eigenvalue weighted by atomic mass is 10.4. The van der Waals surface area contributed by atoms with E-state index in [0.717, 1.165) is 25.5 Å². The first-order chi connectivity index (χ1) is 5.20. The van der Waals surface area contributed by atoms with E-state index in [9.17, 15) is 0 Å². The molecule has 0 unspecified atom stereocenters. The topological polar surface area (TPSA) is 30.3 Å². The first-order valence-corrected chi connectivity index (χ1v) is 4.17. The van der Waals surface area contributed by atoms with Crippen LogP contribution >= 0.6 is 0 Å². The molecule has 1 heterocycles. The molecule has 0 saturated carbocycles. The van der Waals surface area contributed by atoms with Gasteiger partial charge >= 0.3 is 0 Å². The van der Waals surface area contributed by atoms with Gasteiger partial charge in [-0.25, -0.2) is 0 Å². The Labute approximate surface area is 68.5 Å². The molecule has 1 aliphatic rings. The van der Waals surface area contributed by atoms with Crippen LogP contribution in [0.5, 0.6) is 0 Å². The molecule has 1 fully saturated rings. The highest BCUT2D eigenvalue weighted by molar-refractivity contribution is 5.81. The Morgan fingerprint density at radius 1 is 1.36 bits per heavy atom. The molecule has 11 heavy (non-hydrogen) atoms. The van der Waals surface area contributed by atoms with E-state index in [4.69, 9.17) is 5.41 Å². The zero-order valence-electron chi connectivity index (χ0n) is 7.43. The average molecular weight is 155 g/mol. The Kier molecular flexibility index (Phi) is 2.88. The fourth-order valence-electron chi connectivity index (χ4n) is 1.39. The van der Waals surface area contributed by atoms with E-state index in [0.29, 0.717) is 0 Å². The first kappa shape index (κ1) is 8.53. The van der Waals surface area contributed by atoms with Crippen LogP contribution in [0.1, 0.15) is 12.8 Å². The van der Waals surface area contributed by atoms with E-state index < -0.39 is 0 Å². The highest BCUT2D eigenvalue weighted by Gasteiger charge is 2.14. The summed E-state index contributed by atoms with van der Waals surface area (Å²) in [5.74, 6) is 0.771. The Balaban J connectivity index is 2.28. The number of likely N-dealkylation sites (N-methyl/N-ethyl adjacent to an activating group) is 1. The molecule has 1 saturated heterocycles. The van der Waals surface area contributed by atoms with Gasteiger partial charge in [-0.3, -0.25) is 5.41 Å². The molecule has 0 spiro atoms. The van der Waals surface area contributed by atoms with Crippen LogP contribution in [0, 0.1) is 5.41 Å². The third-order valence-electron chi connectivity index (χ3n) is 1.95. The Morgan fingerprint density at radius 2 is 1.91 bits per heavy atom. The summed E-state index contributed by atoms with van der Waals surface area (Å²) in [5.41, 5.74) is 0. The van der Waals surface area contributed by atoms with Crippen LogP contribution in [0.4, 0.5) is 0 Å². The maximum Gasteiger partial charge on any atom is 0.110 e. The van der Waals surface area contributed by atoms with Gasteiger partial charge in [0.05, 0.1) is 6.54 Å². The molecule has 3 nitrogen and oxygen atoms in total. The van der Waals surface area contributed by atoms with E-state index in [1.807, 2.05) is 19.0 Å². The lowest BCUT2D eigenvalue weighted by molar-refractivity contribution is 0.422. The number of amidine groups is 1. The molecule has 1 rings (SSSR count). The van der Waals surface area contributed by atoms with Gasteiger partial charge in [-0.2, -0.15) is 0 Å². The van der Waals surface area contributed by atoms with Crippen molar-refractivity contribution in [1.29, 1.82) is 5.41 Å². The van der Waals surface area contributed by atoms with Crippen molar-refractivity contribution in [1.82, 2.24) is 9.80 Å². The van der Waals surface area contributed by atoms with Gasteiger partial charge in [0.1, 0.15) is 5.84 Å². The number of likely N-dealkylation sites (tertiary alicyclic amines) is 1. The van der Waals surface area contributed by atoms with Crippen molar-refractivity contribution in [3.05, 3.63) is 0 Å². The van der Waals surface area contributed by atoms with Crippen LogP contribution in [-0.4, -0.2) is 49.4 Å². The molecule has 0 atom stereocenters. The summed E-state index contributed by atoms with van der Waals surface area (Å²) >= 11 is 0. The zero-order valence-corrected chi connectivity index (χ0v) is 7.43. The highest BCUT2D eigenvalue weighted by atomic mass is 15.2. The first-order valence-electron chi connectivity index (χ1n) is 4.17. The molecule has 3 heteroatoms. The van der Waals surface area contributed by atoms with Crippen molar-refractivity contribution < 1.29 is 0 Å². The van der Waals surface area contributed by atoms with Crippen LogP contribution in [-0.2, 0) is 0 Å². The molecule has 0 amide bonds. The summed E-state index contributed by atoms with van der Waals surface area (Å²) in [7, 11) is 4.01. The van der Waals surface area contributed by atoms with Gasteiger partial charge in [-0.15, -0.1) is 0 Å². The fraction of sp³-hybridized carbons (Fsp3) is 0.875. The molecule has 0 aromatic heterocycles. The number of hydrogen-bond acceptors (Lipinski definition) is 2. The Hall–Kier alpha value is -0.570. The summed E-state index contributed by atoms with van der Waals surface area (Å²) < 4.78 is 0. The van der Waals surface area contributed by atoms with Gasteiger partial charge in [0.15, 0.2) is 0 Å².